The number of halogens is 1. The SMILES string of the molecule is COc1ccc(-c2oc3c(c2CC(=O)NC(CCSC)c2nc4ccccc4[nH]2)C(=O)C2(Oc4c(Cl)c(OC)cc(OC)c4C2=O)C(C)C3)cc1. The molecule has 264 valence electrons. The fourth-order valence-electron chi connectivity index (χ4n) is 7.03. The van der Waals surface area contributed by atoms with Crippen molar-refractivity contribution in [3.05, 3.63) is 87.9 Å². The van der Waals surface area contributed by atoms with Crippen LogP contribution in [0.1, 0.15) is 57.3 Å². The Labute approximate surface area is 303 Å². The number of carbonyl (C=O) groups excluding carboxylic acids is 3. The molecule has 5 aromatic rings. The number of methoxy groups -OCH3 is 3. The Balaban J connectivity index is 1.30. The van der Waals surface area contributed by atoms with Crippen molar-refractivity contribution in [1.82, 2.24) is 15.3 Å². The zero-order valence-corrected chi connectivity index (χ0v) is 30.3. The van der Waals surface area contributed by atoms with Crippen molar-refractivity contribution in [2.75, 3.05) is 33.3 Å². The minimum Gasteiger partial charge on any atom is -0.497 e. The summed E-state index contributed by atoms with van der Waals surface area (Å²) < 4.78 is 29.1. The van der Waals surface area contributed by atoms with Crippen LogP contribution in [0.5, 0.6) is 23.0 Å². The lowest BCUT2D eigenvalue weighted by Crippen LogP contribution is -2.56. The van der Waals surface area contributed by atoms with E-state index in [4.69, 9.17) is 39.9 Å². The van der Waals surface area contributed by atoms with Crippen LogP contribution in [0.4, 0.5) is 0 Å². The van der Waals surface area contributed by atoms with E-state index in [0.717, 1.165) is 16.8 Å². The molecule has 2 aromatic heterocycles. The van der Waals surface area contributed by atoms with E-state index in [-0.39, 0.29) is 52.1 Å². The van der Waals surface area contributed by atoms with E-state index in [9.17, 15) is 14.4 Å². The summed E-state index contributed by atoms with van der Waals surface area (Å²) in [5.74, 6) is 0.970. The molecule has 0 saturated heterocycles. The van der Waals surface area contributed by atoms with Crippen LogP contribution < -0.4 is 24.3 Å². The molecule has 7 rings (SSSR count). The molecular formula is C38H36ClN3O8S. The summed E-state index contributed by atoms with van der Waals surface area (Å²) in [4.78, 5) is 51.6. The lowest BCUT2D eigenvalue weighted by molar-refractivity contribution is -0.121. The number of rotatable bonds is 11. The molecule has 1 amide bonds. The third kappa shape index (κ3) is 5.70. The molecule has 13 heteroatoms. The Bertz CT molecular complexity index is 2140. The molecule has 0 radical (unpaired) electrons. The molecule has 2 N–H and O–H groups in total. The Hall–Kier alpha value is -4.94. The molecule has 3 aromatic carbocycles. The van der Waals surface area contributed by atoms with Gasteiger partial charge in [-0.15, -0.1) is 0 Å². The fraction of sp³-hybridized carbons (Fsp3) is 0.316. The fourth-order valence-corrected chi connectivity index (χ4v) is 7.77. The number of hydrogen-bond acceptors (Lipinski definition) is 10. The number of thioether (sulfide) groups is 1. The number of fused-ring (bicyclic) bond motifs is 3. The van der Waals surface area contributed by atoms with Crippen molar-refractivity contribution < 1.29 is 37.7 Å². The summed E-state index contributed by atoms with van der Waals surface area (Å²) >= 11 is 8.32. The van der Waals surface area contributed by atoms with E-state index in [1.807, 2.05) is 30.5 Å². The lowest BCUT2D eigenvalue weighted by atomic mass is 9.70. The van der Waals surface area contributed by atoms with Gasteiger partial charge >= 0.3 is 0 Å². The Morgan fingerprint density at radius 1 is 1.06 bits per heavy atom. The number of furan rings is 1. The zero-order chi connectivity index (χ0) is 36.0. The molecule has 11 nitrogen and oxygen atoms in total. The molecule has 3 atom stereocenters. The average Bonchev–Trinajstić information content (AvgIpc) is 3.82. The summed E-state index contributed by atoms with van der Waals surface area (Å²) in [6.45, 7) is 1.76. The van der Waals surface area contributed by atoms with Crippen molar-refractivity contribution in [1.29, 1.82) is 0 Å². The van der Waals surface area contributed by atoms with Crippen LogP contribution in [-0.2, 0) is 17.6 Å². The molecule has 1 aliphatic carbocycles. The maximum atomic E-state index is 14.9. The number of amides is 1. The number of ether oxygens (including phenoxy) is 4. The van der Waals surface area contributed by atoms with Gasteiger partial charge in [-0.1, -0.05) is 30.7 Å². The quantitative estimate of drug-likeness (QED) is 0.136. The zero-order valence-electron chi connectivity index (χ0n) is 28.7. The van der Waals surface area contributed by atoms with Gasteiger partial charge in [0.15, 0.2) is 5.75 Å². The van der Waals surface area contributed by atoms with Gasteiger partial charge in [-0.25, -0.2) is 4.98 Å². The first-order valence-electron chi connectivity index (χ1n) is 16.4. The van der Waals surface area contributed by atoms with Gasteiger partial charge in [-0.2, -0.15) is 11.8 Å². The van der Waals surface area contributed by atoms with E-state index >= 15 is 0 Å². The second kappa shape index (κ2) is 13.6. The van der Waals surface area contributed by atoms with Gasteiger partial charge in [0.25, 0.3) is 0 Å². The Morgan fingerprint density at radius 3 is 2.47 bits per heavy atom. The summed E-state index contributed by atoms with van der Waals surface area (Å²) in [6.07, 6.45) is 2.58. The van der Waals surface area contributed by atoms with Crippen LogP contribution in [0, 0.1) is 5.92 Å². The van der Waals surface area contributed by atoms with E-state index < -0.39 is 29.1 Å². The molecule has 3 heterocycles. The number of aromatic nitrogens is 2. The van der Waals surface area contributed by atoms with Crippen molar-refractivity contribution in [3.63, 3.8) is 0 Å². The summed E-state index contributed by atoms with van der Waals surface area (Å²) in [7, 11) is 4.42. The van der Waals surface area contributed by atoms with Gasteiger partial charge < -0.3 is 33.7 Å². The maximum absolute atomic E-state index is 14.9. The van der Waals surface area contributed by atoms with Crippen LogP contribution in [0.3, 0.4) is 0 Å². The minimum atomic E-state index is -1.97. The monoisotopic (exact) mass is 729 g/mol. The number of Topliss-reactive ketones (excluding diaryl/α,β-unsaturated/α-hetero) is 2. The molecule has 1 aliphatic heterocycles. The number of carbonyl (C=O) groups is 3. The normalized spacial score (nSPS) is 18.4. The van der Waals surface area contributed by atoms with E-state index in [0.29, 0.717) is 40.6 Å². The highest BCUT2D eigenvalue weighted by atomic mass is 35.5. The standard InChI is InChI=1S/C38H36ClN3O8S/c1-19-16-27-30(35(44)38(19)36(45)31-26(47-3)18-28(48-4)32(39)34(31)50-38)22(33(49-27)20-10-12-21(46-2)13-11-20)17-29(43)40-25(14-15-51-5)37-41-23-8-6-7-9-24(23)42-37/h6-13,18-19,25H,14-17H2,1-5H3,(H,40,43)(H,41,42). The lowest BCUT2D eigenvalue weighted by Gasteiger charge is -2.35. The number of ketones is 2. The number of H-pyrrole nitrogens is 1. The van der Waals surface area contributed by atoms with Gasteiger partial charge in [0.05, 0.1) is 50.4 Å². The topological polar surface area (TPSA) is 142 Å². The van der Waals surface area contributed by atoms with Crippen LogP contribution in [-0.4, -0.2) is 66.4 Å². The molecule has 0 saturated carbocycles. The summed E-state index contributed by atoms with van der Waals surface area (Å²) in [6, 6.07) is 15.9. The number of imidazole rings is 1. The molecular weight excluding hydrogens is 694 g/mol. The first kappa shape index (κ1) is 34.5. The van der Waals surface area contributed by atoms with Crippen LogP contribution in [0.2, 0.25) is 5.02 Å². The van der Waals surface area contributed by atoms with E-state index in [2.05, 4.69) is 10.3 Å². The predicted molar refractivity (Wildman–Crippen MR) is 194 cm³/mol. The highest BCUT2D eigenvalue weighted by molar-refractivity contribution is 7.98. The van der Waals surface area contributed by atoms with Crippen LogP contribution in [0.15, 0.2) is 59.0 Å². The first-order chi connectivity index (χ1) is 24.6. The van der Waals surface area contributed by atoms with Crippen LogP contribution >= 0.6 is 23.4 Å². The number of para-hydroxylation sites is 2. The van der Waals surface area contributed by atoms with E-state index in [1.165, 1.54) is 20.3 Å². The van der Waals surface area contributed by atoms with Crippen molar-refractivity contribution in [2.45, 2.75) is 37.8 Å². The predicted octanol–water partition coefficient (Wildman–Crippen LogP) is 7.04. The third-order valence-electron chi connectivity index (χ3n) is 9.62. The molecule has 0 bridgehead atoms. The second-order valence-corrected chi connectivity index (χ2v) is 13.9. The average molecular weight is 730 g/mol. The minimum absolute atomic E-state index is 0.0159. The molecule has 0 fully saturated rings. The van der Waals surface area contributed by atoms with E-state index in [1.54, 1.807) is 50.1 Å². The highest BCUT2D eigenvalue weighted by Gasteiger charge is 2.63. The van der Waals surface area contributed by atoms with Gasteiger partial charge in [-0.3, -0.25) is 14.4 Å². The molecule has 51 heavy (non-hydrogen) atoms. The van der Waals surface area contributed by atoms with Gasteiger partial charge in [0.2, 0.25) is 23.1 Å². The first-order valence-corrected chi connectivity index (χ1v) is 18.2. The van der Waals surface area contributed by atoms with Gasteiger partial charge in [0.1, 0.15) is 45.2 Å². The second-order valence-electron chi connectivity index (χ2n) is 12.6. The Morgan fingerprint density at radius 2 is 1.78 bits per heavy atom. The van der Waals surface area contributed by atoms with Crippen molar-refractivity contribution in [3.8, 4) is 34.3 Å². The van der Waals surface area contributed by atoms with Crippen molar-refractivity contribution in [2.24, 2.45) is 5.92 Å². The highest BCUT2D eigenvalue weighted by Crippen LogP contribution is 2.54. The number of hydrogen-bond donors (Lipinski definition) is 2. The number of nitrogens with one attached hydrogen (secondary N) is 2. The molecule has 2 aliphatic rings. The smallest absolute Gasteiger partial charge is 0.237 e. The molecule has 3 unspecified atom stereocenters. The largest absolute Gasteiger partial charge is 0.497 e. The summed E-state index contributed by atoms with van der Waals surface area (Å²) in [5.41, 5.74) is 0.871. The van der Waals surface area contributed by atoms with Crippen LogP contribution in [0.25, 0.3) is 22.4 Å². The van der Waals surface area contributed by atoms with Gasteiger partial charge in [-0.05, 0) is 54.8 Å². The number of benzene rings is 3. The number of aromatic amines is 1. The summed E-state index contributed by atoms with van der Waals surface area (Å²) in [5, 5.41) is 3.20. The molecule has 1 spiro atoms. The van der Waals surface area contributed by atoms with Crippen molar-refractivity contribution >= 4 is 51.9 Å². The number of nitrogens with zero attached hydrogens (tertiary/aromatic N) is 1. The maximum Gasteiger partial charge on any atom is 0.237 e. The Kier molecular flexibility index (Phi) is 9.23. The third-order valence-corrected chi connectivity index (χ3v) is 10.6. The van der Waals surface area contributed by atoms with Gasteiger partial charge in [0, 0.05) is 29.5 Å².